The van der Waals surface area contributed by atoms with Gasteiger partial charge in [0.2, 0.25) is 27.7 Å². The van der Waals surface area contributed by atoms with E-state index in [0.29, 0.717) is 16.1 Å². The number of sulfonamides is 1. The molecule has 4 aromatic rings. The average molecular weight is 980 g/mol. The molecule has 68 heavy (non-hydrogen) atoms. The van der Waals surface area contributed by atoms with Crippen molar-refractivity contribution in [1.29, 1.82) is 0 Å². The molecule has 0 aliphatic carbocycles. The smallest absolute Gasteiger partial charge is 0.305 e. The van der Waals surface area contributed by atoms with E-state index in [-0.39, 0.29) is 24.2 Å². The van der Waals surface area contributed by atoms with Gasteiger partial charge >= 0.3 is 17.9 Å². The first-order chi connectivity index (χ1) is 32.0. The number of benzene rings is 3. The van der Waals surface area contributed by atoms with Crippen molar-refractivity contribution in [3.05, 3.63) is 101 Å². The summed E-state index contributed by atoms with van der Waals surface area (Å²) in [6, 6.07) is 14.8. The number of aromatic amines is 1. The van der Waals surface area contributed by atoms with E-state index in [0.717, 1.165) is 21.4 Å². The van der Waals surface area contributed by atoms with E-state index in [9.17, 15) is 66.9 Å². The summed E-state index contributed by atoms with van der Waals surface area (Å²) in [6.45, 7) is 2.21. The van der Waals surface area contributed by atoms with E-state index in [4.69, 9.17) is 11.6 Å². The molecule has 0 fully saturated rings. The largest absolute Gasteiger partial charge is 0.481 e. The lowest BCUT2D eigenvalue weighted by atomic mass is 9.91. The van der Waals surface area contributed by atoms with Gasteiger partial charge in [-0.05, 0) is 74.6 Å². The van der Waals surface area contributed by atoms with E-state index >= 15 is 0 Å². The van der Waals surface area contributed by atoms with Crippen molar-refractivity contribution >= 4 is 85.5 Å². The normalized spacial score (nSPS) is 13.6. The highest BCUT2D eigenvalue weighted by Crippen LogP contribution is 2.23. The second-order valence-corrected chi connectivity index (χ2v) is 18.7. The summed E-state index contributed by atoms with van der Waals surface area (Å²) in [4.78, 5) is 121. The highest BCUT2D eigenvalue weighted by atomic mass is 35.5. The highest BCUT2D eigenvalue weighted by Gasteiger charge is 2.35. The summed E-state index contributed by atoms with van der Waals surface area (Å²) in [5.74, 6) is -11.4. The van der Waals surface area contributed by atoms with E-state index in [2.05, 4.69) is 20.3 Å². The van der Waals surface area contributed by atoms with Crippen LogP contribution in [0.15, 0.2) is 83.9 Å². The maximum absolute atomic E-state index is 14.4. The molecule has 364 valence electrons. The number of H-pyrrole nitrogens is 1. The number of fused-ring (bicyclic) bond motifs is 1. The Morgan fingerprint density at radius 2 is 1.41 bits per heavy atom. The molecular weight excluding hydrogens is 926 g/mol. The van der Waals surface area contributed by atoms with Gasteiger partial charge in [0.15, 0.2) is 17.3 Å². The Hall–Kier alpha value is -6.77. The van der Waals surface area contributed by atoms with Crippen LogP contribution in [0.1, 0.15) is 68.6 Å². The van der Waals surface area contributed by atoms with Gasteiger partial charge in [-0.15, -0.1) is 0 Å². The Morgan fingerprint density at radius 3 is 2.04 bits per heavy atom. The molecule has 1 aromatic heterocycles. The van der Waals surface area contributed by atoms with Crippen molar-refractivity contribution < 1.29 is 66.9 Å². The third-order valence-corrected chi connectivity index (χ3v) is 12.9. The van der Waals surface area contributed by atoms with Gasteiger partial charge < -0.3 is 35.8 Å². The van der Waals surface area contributed by atoms with Gasteiger partial charge in [0.25, 0.3) is 0 Å². The molecule has 0 spiro atoms. The standard InChI is InChI=1S/C47H54ClN5O14S/c1-27-11-14-35(15-12-27)68(66,67)52-38(24-44(61)62)41(56)23-30(13-17-42(57)58)45(63)50-26-34(55)21-31(19-29-7-6-8-33(48)20-29)46(64)51-39(22-32-25-49-37-10-5-4-9-36(32)37)47(65)53(3)40(28(2)54)16-18-43(59)60/h4-12,14-15,20,25,30-31,38-40,49,52H,13,16-19,21-24,26H2,1-3H3,(H,50,63)(H,51,64)(H,57,58)(H,59,60)(H,61,62)/t30-,31-,38-,39+,40+/m1/s1. The molecule has 3 amide bonds. The minimum atomic E-state index is -4.43. The molecule has 0 aliphatic rings. The molecule has 19 nitrogen and oxygen atoms in total. The fourth-order valence-corrected chi connectivity index (χ4v) is 9.03. The monoisotopic (exact) mass is 979 g/mol. The first-order valence-corrected chi connectivity index (χ1v) is 23.3. The zero-order valence-electron chi connectivity index (χ0n) is 37.5. The van der Waals surface area contributed by atoms with Crippen LogP contribution in [0.5, 0.6) is 0 Å². The topological polar surface area (TPSA) is 304 Å². The third-order valence-electron chi connectivity index (χ3n) is 11.2. The Kier molecular flexibility index (Phi) is 19.7. The second kappa shape index (κ2) is 24.8. The molecule has 21 heteroatoms. The Balaban J connectivity index is 1.57. The quantitative estimate of drug-likeness (QED) is 0.0428. The molecule has 0 unspecified atom stereocenters. The lowest BCUT2D eigenvalue weighted by Gasteiger charge is -2.31. The number of Topliss-reactive ketones (excluding diaryl/α,β-unsaturated/α-hetero) is 3. The van der Waals surface area contributed by atoms with E-state index in [1.807, 2.05) is 6.07 Å². The minimum Gasteiger partial charge on any atom is -0.481 e. The Morgan fingerprint density at radius 1 is 0.750 bits per heavy atom. The number of ketones is 3. The fraction of sp³-hybridized carbons (Fsp3) is 0.383. The number of carboxylic acids is 3. The summed E-state index contributed by atoms with van der Waals surface area (Å²) in [5.41, 5.74) is 2.61. The van der Waals surface area contributed by atoms with Gasteiger partial charge in [-0.25, -0.2) is 13.1 Å². The van der Waals surface area contributed by atoms with Gasteiger partial charge in [-0.1, -0.05) is 59.6 Å². The Bertz CT molecular complexity index is 2630. The van der Waals surface area contributed by atoms with Crippen molar-refractivity contribution in [1.82, 2.24) is 25.2 Å². The summed E-state index contributed by atoms with van der Waals surface area (Å²) in [7, 11) is -3.11. The van der Waals surface area contributed by atoms with Crippen LogP contribution in [-0.4, -0.2) is 118 Å². The van der Waals surface area contributed by atoms with E-state index < -0.39 is 138 Å². The first kappa shape index (κ1) is 53.8. The number of nitrogens with one attached hydrogen (secondary N) is 4. The highest BCUT2D eigenvalue weighted by molar-refractivity contribution is 7.89. The van der Waals surface area contributed by atoms with Crippen LogP contribution < -0.4 is 15.4 Å². The average Bonchev–Trinajstić information content (AvgIpc) is 3.68. The van der Waals surface area contributed by atoms with Crippen molar-refractivity contribution in [3.8, 4) is 0 Å². The van der Waals surface area contributed by atoms with Gasteiger partial charge in [0.1, 0.15) is 6.04 Å². The number of halogens is 1. The van der Waals surface area contributed by atoms with Gasteiger partial charge in [-0.3, -0.25) is 43.2 Å². The van der Waals surface area contributed by atoms with E-state index in [1.54, 1.807) is 55.6 Å². The lowest BCUT2D eigenvalue weighted by Crippen LogP contribution is -2.54. The van der Waals surface area contributed by atoms with Crippen molar-refractivity contribution in [2.75, 3.05) is 13.6 Å². The number of nitrogens with zero attached hydrogens (tertiary/aromatic N) is 1. The Labute approximate surface area is 397 Å². The molecule has 7 N–H and O–H groups in total. The number of likely N-dealkylation sites (N-methyl/N-ethyl adjacent to an activating group) is 1. The molecule has 1 heterocycles. The molecule has 0 bridgehead atoms. The van der Waals surface area contributed by atoms with Gasteiger partial charge in [0, 0.05) is 73.1 Å². The van der Waals surface area contributed by atoms with Crippen LogP contribution in [0.4, 0.5) is 0 Å². The number of carbonyl (C=O) groups is 9. The number of carbonyl (C=O) groups excluding carboxylic acids is 6. The fourth-order valence-electron chi connectivity index (χ4n) is 7.60. The summed E-state index contributed by atoms with van der Waals surface area (Å²) in [6.07, 6.45) is -2.55. The van der Waals surface area contributed by atoms with Crippen LogP contribution >= 0.6 is 11.6 Å². The SMILES string of the molecule is CC(=O)[C@H](CCC(=O)O)N(C)C(=O)[C@H](Cc1c[nH]c2ccccc12)NC(=O)[C@@H](CC(=O)CNC(=O)[C@H](CCC(=O)O)CC(=O)[C@@H](CC(=O)O)NS(=O)(=O)c1ccc(C)cc1)Cc1cccc(Cl)c1. The molecule has 0 aliphatic heterocycles. The predicted octanol–water partition coefficient (Wildman–Crippen LogP) is 3.63. The molecule has 3 aromatic carbocycles. The van der Waals surface area contributed by atoms with Crippen LogP contribution in [0.2, 0.25) is 5.02 Å². The molecule has 0 saturated heterocycles. The number of amides is 3. The van der Waals surface area contributed by atoms with Gasteiger partial charge in [-0.2, -0.15) is 0 Å². The number of aryl methyl sites for hydroxylation is 1. The van der Waals surface area contributed by atoms with E-state index in [1.165, 1.54) is 38.2 Å². The van der Waals surface area contributed by atoms with Crippen LogP contribution in [0.3, 0.4) is 0 Å². The van der Waals surface area contributed by atoms with Crippen LogP contribution in [0.25, 0.3) is 10.9 Å². The van der Waals surface area contributed by atoms with Crippen LogP contribution in [-0.2, 0) is 66.0 Å². The lowest BCUT2D eigenvalue weighted by molar-refractivity contribution is -0.143. The second-order valence-electron chi connectivity index (χ2n) is 16.5. The number of carboxylic acid groups (broad SMARTS) is 3. The number of hydrogen-bond acceptors (Lipinski definition) is 11. The molecule has 4 rings (SSSR count). The predicted molar refractivity (Wildman–Crippen MR) is 247 cm³/mol. The maximum atomic E-state index is 14.4. The third kappa shape index (κ3) is 16.2. The molecule has 5 atom stereocenters. The number of aromatic nitrogens is 1. The summed E-state index contributed by atoms with van der Waals surface area (Å²) < 4.78 is 28.3. The first-order valence-electron chi connectivity index (χ1n) is 21.5. The van der Waals surface area contributed by atoms with Crippen molar-refractivity contribution in [2.24, 2.45) is 11.8 Å². The zero-order chi connectivity index (χ0) is 50.3. The minimum absolute atomic E-state index is 0.0897. The number of aliphatic carboxylic acids is 3. The van der Waals surface area contributed by atoms with Crippen molar-refractivity contribution in [2.45, 2.75) is 94.7 Å². The number of rotatable bonds is 28. The summed E-state index contributed by atoms with van der Waals surface area (Å²) >= 11 is 6.25. The summed E-state index contributed by atoms with van der Waals surface area (Å²) in [5, 5.41) is 34.4. The molecule has 0 saturated carbocycles. The number of hydrogen-bond donors (Lipinski definition) is 7. The van der Waals surface area contributed by atoms with Crippen LogP contribution in [0, 0.1) is 18.8 Å². The molecule has 0 radical (unpaired) electrons. The van der Waals surface area contributed by atoms with Gasteiger partial charge in [0.05, 0.1) is 29.9 Å². The van der Waals surface area contributed by atoms with Crippen molar-refractivity contribution in [3.63, 3.8) is 0 Å². The maximum Gasteiger partial charge on any atom is 0.305 e. The number of para-hydroxylation sites is 1. The zero-order valence-corrected chi connectivity index (χ0v) is 39.1. The molecular formula is C47H54ClN5O14S.